The molecule has 3 nitrogen and oxygen atoms in total. The summed E-state index contributed by atoms with van der Waals surface area (Å²) in [6.45, 7) is 1.96. The van der Waals surface area contributed by atoms with Crippen LogP contribution in [0.3, 0.4) is 0 Å². The molecule has 0 spiro atoms. The number of hydrogen-bond donors (Lipinski definition) is 2. The van der Waals surface area contributed by atoms with Crippen molar-refractivity contribution in [1.29, 1.82) is 0 Å². The van der Waals surface area contributed by atoms with Crippen LogP contribution >= 0.6 is 0 Å². The quantitative estimate of drug-likeness (QED) is 0.696. The summed E-state index contributed by atoms with van der Waals surface area (Å²) in [5.41, 5.74) is 0. The molecule has 0 aliphatic rings. The van der Waals surface area contributed by atoms with Gasteiger partial charge in [-0.3, -0.25) is 4.57 Å². The maximum absolute atomic E-state index is 9.39. The average Bonchev–Trinajstić information content (AvgIpc) is 2.43. The summed E-state index contributed by atoms with van der Waals surface area (Å²) in [4.78, 5) is 0. The van der Waals surface area contributed by atoms with Gasteiger partial charge in [-0.15, -0.1) is 12.3 Å². The van der Waals surface area contributed by atoms with Crippen molar-refractivity contribution in [2.75, 3.05) is 0 Å². The minimum Gasteiger partial charge on any atom is -0.494 e. The molecule has 0 aromatic carbocycles. The number of nitrogens with zero attached hydrogens (tertiary/aromatic N) is 1. The van der Waals surface area contributed by atoms with Gasteiger partial charge >= 0.3 is 0 Å². The van der Waals surface area contributed by atoms with E-state index in [0.717, 1.165) is 6.42 Å². The molecule has 1 heterocycles. The molecule has 0 radical (unpaired) electrons. The third kappa shape index (κ3) is 1.78. The van der Waals surface area contributed by atoms with E-state index >= 15 is 0 Å². The Bertz CT molecular complexity index is 303. The molecular weight excluding hydrogens is 166 g/mol. The van der Waals surface area contributed by atoms with Gasteiger partial charge in [0, 0.05) is 18.6 Å². The fraction of sp³-hybridized carbons (Fsp3) is 0.400. The molecule has 1 aromatic rings. The molecule has 0 aliphatic heterocycles. The van der Waals surface area contributed by atoms with Crippen molar-refractivity contribution in [2.24, 2.45) is 0 Å². The number of aromatic nitrogens is 1. The lowest BCUT2D eigenvalue weighted by atomic mass is 10.1. The Morgan fingerprint density at radius 3 is 2.38 bits per heavy atom. The molecule has 0 saturated heterocycles. The average molecular weight is 179 g/mol. The van der Waals surface area contributed by atoms with Gasteiger partial charge in [-0.25, -0.2) is 0 Å². The Morgan fingerprint density at radius 2 is 2.00 bits per heavy atom. The van der Waals surface area contributed by atoms with E-state index < -0.39 is 0 Å². The van der Waals surface area contributed by atoms with Crippen LogP contribution in [0.2, 0.25) is 0 Å². The molecule has 1 unspecified atom stereocenters. The molecule has 3 heteroatoms. The van der Waals surface area contributed by atoms with Crippen molar-refractivity contribution in [3.63, 3.8) is 0 Å². The zero-order valence-electron chi connectivity index (χ0n) is 7.57. The Morgan fingerprint density at radius 1 is 1.46 bits per heavy atom. The molecule has 0 aliphatic carbocycles. The van der Waals surface area contributed by atoms with Crippen molar-refractivity contribution in [1.82, 2.24) is 4.57 Å². The third-order valence-electron chi connectivity index (χ3n) is 2.06. The van der Waals surface area contributed by atoms with Crippen molar-refractivity contribution in [2.45, 2.75) is 25.8 Å². The van der Waals surface area contributed by atoms with E-state index in [2.05, 4.69) is 5.92 Å². The van der Waals surface area contributed by atoms with Gasteiger partial charge < -0.3 is 10.2 Å². The number of hydrogen-bond acceptors (Lipinski definition) is 2. The Labute approximate surface area is 77.6 Å². The lowest BCUT2D eigenvalue weighted by molar-refractivity contribution is 0.329. The largest absolute Gasteiger partial charge is 0.494 e. The van der Waals surface area contributed by atoms with E-state index in [4.69, 9.17) is 6.42 Å². The fourth-order valence-corrected chi connectivity index (χ4v) is 1.36. The second-order valence-electron chi connectivity index (χ2n) is 2.89. The number of terminal acetylenes is 1. The molecule has 1 rings (SSSR count). The van der Waals surface area contributed by atoms with E-state index in [1.807, 2.05) is 6.92 Å². The van der Waals surface area contributed by atoms with E-state index in [9.17, 15) is 10.2 Å². The van der Waals surface area contributed by atoms with Gasteiger partial charge in [0.1, 0.15) is 0 Å². The monoisotopic (exact) mass is 179 g/mol. The zero-order valence-corrected chi connectivity index (χ0v) is 7.57. The standard InChI is InChI=1S/C10H13NO2/c1-3-5-8(4-2)11-9(12)6-7-10(11)13/h1,6-8,12-13H,4-5H2,2H3. The van der Waals surface area contributed by atoms with E-state index in [1.54, 1.807) is 0 Å². The topological polar surface area (TPSA) is 45.4 Å². The maximum Gasteiger partial charge on any atom is 0.194 e. The minimum atomic E-state index is -0.0278. The molecule has 13 heavy (non-hydrogen) atoms. The first kappa shape index (κ1) is 9.53. The summed E-state index contributed by atoms with van der Waals surface area (Å²) in [7, 11) is 0. The molecule has 70 valence electrons. The van der Waals surface area contributed by atoms with Crippen LogP contribution in [0.5, 0.6) is 11.8 Å². The summed E-state index contributed by atoms with van der Waals surface area (Å²) in [5, 5.41) is 18.8. The van der Waals surface area contributed by atoms with Gasteiger partial charge in [0.2, 0.25) is 0 Å². The van der Waals surface area contributed by atoms with Crippen LogP contribution in [0, 0.1) is 12.3 Å². The van der Waals surface area contributed by atoms with Crippen LogP contribution in [-0.4, -0.2) is 14.8 Å². The van der Waals surface area contributed by atoms with Crippen LogP contribution in [0.15, 0.2) is 12.1 Å². The summed E-state index contributed by atoms with van der Waals surface area (Å²) in [6, 6.07) is 2.88. The normalized spacial score (nSPS) is 12.3. The predicted octanol–water partition coefficient (Wildman–Crippen LogP) is 1.87. The van der Waals surface area contributed by atoms with Gasteiger partial charge in [0.25, 0.3) is 0 Å². The van der Waals surface area contributed by atoms with Crippen LogP contribution in [0.4, 0.5) is 0 Å². The van der Waals surface area contributed by atoms with Crippen LogP contribution in [0.1, 0.15) is 25.8 Å². The van der Waals surface area contributed by atoms with Crippen molar-refractivity contribution in [3.8, 4) is 24.1 Å². The lowest BCUT2D eigenvalue weighted by Crippen LogP contribution is -2.05. The van der Waals surface area contributed by atoms with Crippen molar-refractivity contribution in [3.05, 3.63) is 12.1 Å². The first-order valence-corrected chi connectivity index (χ1v) is 4.23. The molecule has 2 N–H and O–H groups in total. The zero-order chi connectivity index (χ0) is 9.84. The first-order chi connectivity index (χ1) is 6.20. The number of rotatable bonds is 3. The summed E-state index contributed by atoms with van der Waals surface area (Å²) in [5.74, 6) is 2.63. The highest BCUT2D eigenvalue weighted by Gasteiger charge is 2.14. The van der Waals surface area contributed by atoms with Crippen molar-refractivity contribution >= 4 is 0 Å². The summed E-state index contributed by atoms with van der Waals surface area (Å²) >= 11 is 0. The van der Waals surface area contributed by atoms with Crippen molar-refractivity contribution < 1.29 is 10.2 Å². The molecule has 1 atom stereocenters. The first-order valence-electron chi connectivity index (χ1n) is 4.23. The van der Waals surface area contributed by atoms with E-state index in [1.165, 1.54) is 16.7 Å². The van der Waals surface area contributed by atoms with Crippen LogP contribution in [-0.2, 0) is 0 Å². The predicted molar refractivity (Wildman–Crippen MR) is 50.5 cm³/mol. The fourth-order valence-electron chi connectivity index (χ4n) is 1.36. The Hall–Kier alpha value is -1.56. The second kappa shape index (κ2) is 3.90. The summed E-state index contributed by atoms with van der Waals surface area (Å²) < 4.78 is 1.44. The third-order valence-corrected chi connectivity index (χ3v) is 2.06. The summed E-state index contributed by atoms with van der Waals surface area (Å²) in [6.07, 6.45) is 6.47. The van der Waals surface area contributed by atoms with E-state index in [-0.39, 0.29) is 17.8 Å². The van der Waals surface area contributed by atoms with Crippen LogP contribution < -0.4 is 0 Å². The SMILES string of the molecule is C#CCC(CC)n1c(O)ccc1O. The molecular formula is C10H13NO2. The van der Waals surface area contributed by atoms with Crippen LogP contribution in [0.25, 0.3) is 0 Å². The number of aromatic hydroxyl groups is 2. The van der Waals surface area contributed by atoms with Gasteiger partial charge in [-0.1, -0.05) is 6.92 Å². The molecule has 1 aromatic heterocycles. The van der Waals surface area contributed by atoms with Gasteiger partial charge in [0.15, 0.2) is 11.8 Å². The maximum atomic E-state index is 9.39. The Balaban J connectivity index is 2.97. The van der Waals surface area contributed by atoms with Gasteiger partial charge in [-0.05, 0) is 6.42 Å². The smallest absolute Gasteiger partial charge is 0.194 e. The minimum absolute atomic E-state index is 0.0278. The van der Waals surface area contributed by atoms with Gasteiger partial charge in [0.05, 0.1) is 6.04 Å². The molecule has 0 amide bonds. The van der Waals surface area contributed by atoms with E-state index in [0.29, 0.717) is 6.42 Å². The second-order valence-corrected chi connectivity index (χ2v) is 2.89. The lowest BCUT2D eigenvalue weighted by Gasteiger charge is -2.16. The highest BCUT2D eigenvalue weighted by atomic mass is 16.3. The highest BCUT2D eigenvalue weighted by Crippen LogP contribution is 2.29. The Kier molecular flexibility index (Phi) is 2.86. The highest BCUT2D eigenvalue weighted by molar-refractivity contribution is 5.25. The molecule has 0 fully saturated rings. The molecule has 0 saturated carbocycles. The van der Waals surface area contributed by atoms with Gasteiger partial charge in [-0.2, -0.15) is 0 Å². The molecule has 0 bridgehead atoms.